The maximum absolute atomic E-state index is 11.2. The maximum Gasteiger partial charge on any atom is 0.339 e. The van der Waals surface area contributed by atoms with E-state index in [-0.39, 0.29) is 24.1 Å². The molecule has 0 radical (unpaired) electrons. The fourth-order valence-electron chi connectivity index (χ4n) is 2.67. The molecule has 2 atom stereocenters. The van der Waals surface area contributed by atoms with E-state index in [1.54, 1.807) is 6.07 Å². The Bertz CT molecular complexity index is 462. The van der Waals surface area contributed by atoms with E-state index in [1.807, 2.05) is 6.92 Å². The zero-order chi connectivity index (χ0) is 13.8. The molecule has 0 bridgehead atoms. The van der Waals surface area contributed by atoms with Crippen molar-refractivity contribution in [1.29, 1.82) is 0 Å². The smallest absolute Gasteiger partial charge is 0.339 e. The van der Waals surface area contributed by atoms with Crippen molar-refractivity contribution < 1.29 is 15.0 Å². The summed E-state index contributed by atoms with van der Waals surface area (Å²) in [5.74, 6) is -0.782. The lowest BCUT2D eigenvalue weighted by Gasteiger charge is -2.32. The number of carboxylic acids is 1. The summed E-state index contributed by atoms with van der Waals surface area (Å²) in [6.07, 6.45) is 5.58. The molecule has 2 unspecified atom stereocenters. The Morgan fingerprint density at radius 1 is 1.47 bits per heavy atom. The van der Waals surface area contributed by atoms with Gasteiger partial charge in [-0.3, -0.25) is 4.98 Å². The maximum atomic E-state index is 11.2. The molecule has 0 amide bonds. The summed E-state index contributed by atoms with van der Waals surface area (Å²) in [4.78, 5) is 15.2. The van der Waals surface area contributed by atoms with Crippen LogP contribution in [0.1, 0.15) is 41.7 Å². The van der Waals surface area contributed by atoms with Gasteiger partial charge < -0.3 is 15.5 Å². The second-order valence-electron chi connectivity index (χ2n) is 5.15. The quantitative estimate of drug-likeness (QED) is 0.775. The van der Waals surface area contributed by atoms with Crippen molar-refractivity contribution in [2.24, 2.45) is 5.92 Å². The number of hydrogen-bond acceptors (Lipinski definition) is 4. The zero-order valence-electron chi connectivity index (χ0n) is 11.1. The number of nitrogens with zero attached hydrogens (tertiary/aromatic N) is 1. The van der Waals surface area contributed by atoms with Gasteiger partial charge in [0.1, 0.15) is 5.56 Å². The van der Waals surface area contributed by atoms with Gasteiger partial charge >= 0.3 is 5.97 Å². The number of hydrogen-bond donors (Lipinski definition) is 3. The topological polar surface area (TPSA) is 82.5 Å². The van der Waals surface area contributed by atoms with Crippen LogP contribution in [0, 0.1) is 12.8 Å². The van der Waals surface area contributed by atoms with Crippen LogP contribution < -0.4 is 5.32 Å². The lowest BCUT2D eigenvalue weighted by Crippen LogP contribution is -2.34. The fraction of sp³-hybridized carbons (Fsp3) is 0.571. The predicted octanol–water partition coefficient (Wildman–Crippen LogP) is 2.05. The van der Waals surface area contributed by atoms with Crippen molar-refractivity contribution in [3.8, 4) is 0 Å². The van der Waals surface area contributed by atoms with Crippen molar-refractivity contribution in [2.45, 2.75) is 38.6 Å². The molecule has 5 heteroatoms. The Kier molecular flexibility index (Phi) is 4.37. The lowest BCUT2D eigenvalue weighted by molar-refractivity contribution is 0.0697. The van der Waals surface area contributed by atoms with E-state index >= 15 is 0 Å². The van der Waals surface area contributed by atoms with E-state index in [4.69, 9.17) is 0 Å². The van der Waals surface area contributed by atoms with Crippen LogP contribution in [-0.4, -0.2) is 33.8 Å². The fourth-order valence-corrected chi connectivity index (χ4v) is 2.67. The Morgan fingerprint density at radius 3 is 2.89 bits per heavy atom. The third-order valence-electron chi connectivity index (χ3n) is 3.76. The Labute approximate surface area is 112 Å². The molecule has 104 valence electrons. The van der Waals surface area contributed by atoms with E-state index in [1.165, 1.54) is 6.20 Å². The monoisotopic (exact) mass is 264 g/mol. The van der Waals surface area contributed by atoms with E-state index in [9.17, 15) is 15.0 Å². The van der Waals surface area contributed by atoms with Gasteiger partial charge in [-0.2, -0.15) is 0 Å². The number of aliphatic hydroxyl groups is 1. The minimum absolute atomic E-state index is 0.138. The molecule has 1 aliphatic carbocycles. The number of anilines is 1. The number of pyridine rings is 1. The largest absolute Gasteiger partial charge is 0.478 e. The molecule has 1 saturated carbocycles. The summed E-state index contributed by atoms with van der Waals surface area (Å²) in [6.45, 7) is 1.98. The first-order chi connectivity index (χ1) is 9.11. The molecule has 1 aliphatic rings. The molecule has 3 N–H and O–H groups in total. The first-order valence-corrected chi connectivity index (χ1v) is 6.69. The van der Waals surface area contributed by atoms with E-state index in [0.717, 1.165) is 31.4 Å². The van der Waals surface area contributed by atoms with E-state index in [2.05, 4.69) is 10.3 Å². The van der Waals surface area contributed by atoms with E-state index < -0.39 is 5.97 Å². The van der Waals surface area contributed by atoms with Crippen LogP contribution in [0.5, 0.6) is 0 Å². The van der Waals surface area contributed by atoms with Crippen LogP contribution in [0.25, 0.3) is 0 Å². The second-order valence-corrected chi connectivity index (χ2v) is 5.15. The van der Waals surface area contributed by atoms with Crippen molar-refractivity contribution in [1.82, 2.24) is 4.98 Å². The summed E-state index contributed by atoms with van der Waals surface area (Å²) in [7, 11) is 0. The van der Waals surface area contributed by atoms with Crippen LogP contribution in [0.15, 0.2) is 12.3 Å². The summed E-state index contributed by atoms with van der Waals surface area (Å²) in [5, 5.41) is 21.9. The van der Waals surface area contributed by atoms with Gasteiger partial charge in [-0.1, -0.05) is 12.8 Å². The van der Waals surface area contributed by atoms with Crippen LogP contribution in [0.3, 0.4) is 0 Å². The lowest BCUT2D eigenvalue weighted by atomic mass is 9.85. The number of nitrogens with one attached hydrogen (secondary N) is 1. The van der Waals surface area contributed by atoms with Gasteiger partial charge in [-0.15, -0.1) is 0 Å². The highest BCUT2D eigenvalue weighted by atomic mass is 16.4. The van der Waals surface area contributed by atoms with Crippen molar-refractivity contribution in [3.05, 3.63) is 23.5 Å². The molecule has 0 saturated heterocycles. The highest BCUT2D eigenvalue weighted by Crippen LogP contribution is 2.28. The van der Waals surface area contributed by atoms with Gasteiger partial charge in [0, 0.05) is 30.5 Å². The highest BCUT2D eigenvalue weighted by Gasteiger charge is 2.25. The number of aryl methyl sites for hydroxylation is 1. The number of carboxylic acid groups (broad SMARTS) is 1. The third-order valence-corrected chi connectivity index (χ3v) is 3.76. The second kappa shape index (κ2) is 6.02. The average Bonchev–Trinajstić information content (AvgIpc) is 2.39. The number of rotatable bonds is 4. The van der Waals surface area contributed by atoms with Gasteiger partial charge in [-0.25, -0.2) is 4.79 Å². The van der Waals surface area contributed by atoms with Gasteiger partial charge in [0.05, 0.1) is 5.69 Å². The van der Waals surface area contributed by atoms with Crippen LogP contribution in [0.2, 0.25) is 0 Å². The third kappa shape index (κ3) is 3.23. The number of aromatic carboxylic acids is 1. The molecule has 1 heterocycles. The molecule has 0 spiro atoms. The normalized spacial score (nSPS) is 23.1. The molecule has 1 fully saturated rings. The Morgan fingerprint density at radius 2 is 2.21 bits per heavy atom. The SMILES string of the molecule is Cc1cc(NC2CCCCC2CO)c(C(=O)O)cn1. The molecule has 1 aromatic heterocycles. The minimum atomic E-state index is -0.980. The number of aliphatic hydroxyl groups excluding tert-OH is 1. The summed E-state index contributed by atoms with van der Waals surface area (Å²) in [6, 6.07) is 1.89. The van der Waals surface area contributed by atoms with Gasteiger partial charge in [0.2, 0.25) is 0 Å². The van der Waals surface area contributed by atoms with Gasteiger partial charge in [0.15, 0.2) is 0 Å². The molecule has 2 rings (SSSR count). The highest BCUT2D eigenvalue weighted by molar-refractivity contribution is 5.93. The zero-order valence-corrected chi connectivity index (χ0v) is 11.1. The number of carbonyl (C=O) groups is 1. The molecule has 1 aromatic rings. The summed E-state index contributed by atoms with van der Waals surface area (Å²) < 4.78 is 0. The number of aromatic nitrogens is 1. The van der Waals surface area contributed by atoms with E-state index in [0.29, 0.717) is 5.69 Å². The summed E-state index contributed by atoms with van der Waals surface area (Å²) in [5.41, 5.74) is 1.57. The molecular weight excluding hydrogens is 244 g/mol. The molecule has 19 heavy (non-hydrogen) atoms. The first kappa shape index (κ1) is 13.8. The predicted molar refractivity (Wildman–Crippen MR) is 72.4 cm³/mol. The molecule has 5 nitrogen and oxygen atoms in total. The van der Waals surface area contributed by atoms with Gasteiger partial charge in [-0.05, 0) is 25.8 Å². The van der Waals surface area contributed by atoms with Crippen molar-refractivity contribution in [2.75, 3.05) is 11.9 Å². The Balaban J connectivity index is 2.21. The molecule has 0 aliphatic heterocycles. The average molecular weight is 264 g/mol. The Hall–Kier alpha value is -1.62. The standard InChI is InChI=1S/C14H20N2O3/c1-9-6-13(11(7-15-9)14(18)19)16-12-5-3-2-4-10(12)8-17/h6-7,10,12,17H,2-5,8H2,1H3,(H,15,16)(H,18,19). The molecule has 0 aromatic carbocycles. The van der Waals surface area contributed by atoms with Crippen LogP contribution in [0.4, 0.5) is 5.69 Å². The minimum Gasteiger partial charge on any atom is -0.478 e. The van der Waals surface area contributed by atoms with Crippen molar-refractivity contribution >= 4 is 11.7 Å². The molecular formula is C14H20N2O3. The van der Waals surface area contributed by atoms with Crippen LogP contribution in [-0.2, 0) is 0 Å². The van der Waals surface area contributed by atoms with Gasteiger partial charge in [0.25, 0.3) is 0 Å². The first-order valence-electron chi connectivity index (χ1n) is 6.69. The van der Waals surface area contributed by atoms with Crippen LogP contribution >= 0.6 is 0 Å². The summed E-state index contributed by atoms with van der Waals surface area (Å²) >= 11 is 0. The van der Waals surface area contributed by atoms with Crippen molar-refractivity contribution in [3.63, 3.8) is 0 Å².